The van der Waals surface area contributed by atoms with Crippen LogP contribution in [0.25, 0.3) is 0 Å². The number of nitrogens with zero attached hydrogens (tertiary/aromatic N) is 2. The molecule has 2 fully saturated rings. The van der Waals surface area contributed by atoms with Gasteiger partial charge in [0.15, 0.2) is 0 Å². The summed E-state index contributed by atoms with van der Waals surface area (Å²) in [6, 6.07) is 0. The predicted molar refractivity (Wildman–Crippen MR) is 78.4 cm³/mol. The summed E-state index contributed by atoms with van der Waals surface area (Å²) in [4.78, 5) is 29.4. The molecule has 0 aromatic carbocycles. The van der Waals surface area contributed by atoms with Crippen molar-refractivity contribution in [3.63, 3.8) is 0 Å². The highest BCUT2D eigenvalue weighted by molar-refractivity contribution is 6.45. The van der Waals surface area contributed by atoms with Gasteiger partial charge in [-0.25, -0.2) is 9.59 Å². The fraction of sp³-hybridized carbons (Fsp3) is 0.667. The van der Waals surface area contributed by atoms with E-state index in [4.69, 9.17) is 9.47 Å². The van der Waals surface area contributed by atoms with Gasteiger partial charge in [0.05, 0.1) is 0 Å². The van der Waals surface area contributed by atoms with Crippen molar-refractivity contribution in [2.75, 3.05) is 20.1 Å². The lowest BCUT2D eigenvalue weighted by molar-refractivity contribution is -0.146. The number of hydrogen-bond donors (Lipinski definition) is 0. The number of hydrogen-bond acceptors (Lipinski definition) is 5. The minimum absolute atomic E-state index is 0.306. The molecule has 2 heterocycles. The molecule has 6 nitrogen and oxygen atoms in total. The van der Waals surface area contributed by atoms with Crippen LogP contribution in [0.3, 0.4) is 0 Å². The van der Waals surface area contributed by atoms with E-state index in [1.807, 2.05) is 20.8 Å². The fourth-order valence-electron chi connectivity index (χ4n) is 2.63. The lowest BCUT2D eigenvalue weighted by atomic mass is 9.84. The third kappa shape index (κ3) is 2.94. The summed E-state index contributed by atoms with van der Waals surface area (Å²) < 4.78 is 10.8. The van der Waals surface area contributed by atoms with Crippen LogP contribution in [-0.4, -0.2) is 54.0 Å². The van der Waals surface area contributed by atoms with Crippen LogP contribution in [0.5, 0.6) is 0 Å². The normalized spacial score (nSPS) is 23.6. The van der Waals surface area contributed by atoms with Gasteiger partial charge in [-0.1, -0.05) is 6.58 Å². The van der Waals surface area contributed by atoms with Gasteiger partial charge in [-0.2, -0.15) is 0 Å². The number of carbonyl (C=O) groups is 2. The number of ether oxygens (including phenoxy) is 2. The van der Waals surface area contributed by atoms with Crippen molar-refractivity contribution in [1.29, 1.82) is 0 Å². The number of piperidine rings is 1. The van der Waals surface area contributed by atoms with E-state index >= 15 is 0 Å². The molecule has 0 unspecified atom stereocenters. The van der Waals surface area contributed by atoms with Crippen LogP contribution in [0.15, 0.2) is 17.1 Å². The van der Waals surface area contributed by atoms with E-state index in [1.165, 1.54) is 0 Å². The molecule has 0 saturated carbocycles. The molecule has 1 spiro atoms. The van der Waals surface area contributed by atoms with Crippen LogP contribution in [0, 0.1) is 0 Å². The molecule has 0 N–H and O–H groups in total. The molecule has 21 heavy (non-hydrogen) atoms. The summed E-state index contributed by atoms with van der Waals surface area (Å²) >= 11 is 0. The Labute approximate surface area is 124 Å². The molecule has 2 aliphatic heterocycles. The summed E-state index contributed by atoms with van der Waals surface area (Å²) in [5.41, 5.74) is -0.290. The summed E-state index contributed by atoms with van der Waals surface area (Å²) in [7, 11) is 1.55. The topological polar surface area (TPSA) is 68.2 Å². The van der Waals surface area contributed by atoms with Crippen LogP contribution >= 0.6 is 0 Å². The maximum atomic E-state index is 12.0. The fourth-order valence-corrected chi connectivity index (χ4v) is 2.63. The minimum Gasteiger partial charge on any atom is -0.449 e. The van der Waals surface area contributed by atoms with Gasteiger partial charge in [0.25, 0.3) is 0 Å². The summed E-state index contributed by atoms with van der Waals surface area (Å²) in [5, 5.41) is 0. The Balaban J connectivity index is 2.03. The van der Waals surface area contributed by atoms with Gasteiger partial charge in [0, 0.05) is 38.6 Å². The number of likely N-dealkylation sites (tertiary alicyclic amines) is 1. The minimum atomic E-state index is -0.704. The molecule has 0 bridgehead atoms. The molecule has 0 aliphatic carbocycles. The molecule has 0 radical (unpaired) electrons. The third-order valence-electron chi connectivity index (χ3n) is 3.76. The molecule has 2 saturated heterocycles. The van der Waals surface area contributed by atoms with Crippen molar-refractivity contribution >= 4 is 17.8 Å². The lowest BCUT2D eigenvalue weighted by Crippen LogP contribution is -2.48. The van der Waals surface area contributed by atoms with E-state index < -0.39 is 17.2 Å². The molecule has 6 heteroatoms. The number of amides is 1. The van der Waals surface area contributed by atoms with Crippen molar-refractivity contribution in [3.8, 4) is 0 Å². The van der Waals surface area contributed by atoms with Crippen molar-refractivity contribution in [3.05, 3.63) is 12.2 Å². The first-order valence-corrected chi connectivity index (χ1v) is 7.06. The Morgan fingerprint density at radius 1 is 1.38 bits per heavy atom. The van der Waals surface area contributed by atoms with Crippen molar-refractivity contribution in [2.24, 2.45) is 4.99 Å². The summed E-state index contributed by atoms with van der Waals surface area (Å²) in [6.07, 6.45) is 0.711. The van der Waals surface area contributed by atoms with Crippen LogP contribution in [0.2, 0.25) is 0 Å². The number of esters is 1. The first-order valence-electron chi connectivity index (χ1n) is 7.06. The van der Waals surface area contributed by atoms with Gasteiger partial charge in [-0.15, -0.1) is 0 Å². The van der Waals surface area contributed by atoms with Crippen LogP contribution in [0.1, 0.15) is 33.6 Å². The molecule has 2 aliphatic rings. The monoisotopic (exact) mass is 294 g/mol. The van der Waals surface area contributed by atoms with Gasteiger partial charge >= 0.3 is 12.1 Å². The highest BCUT2D eigenvalue weighted by Gasteiger charge is 2.50. The number of carbonyl (C=O) groups excluding carboxylic acids is 2. The zero-order valence-corrected chi connectivity index (χ0v) is 13.1. The van der Waals surface area contributed by atoms with Gasteiger partial charge in [0.2, 0.25) is 0 Å². The van der Waals surface area contributed by atoms with E-state index in [9.17, 15) is 9.59 Å². The van der Waals surface area contributed by atoms with Crippen LogP contribution in [-0.2, 0) is 14.3 Å². The van der Waals surface area contributed by atoms with E-state index in [-0.39, 0.29) is 6.09 Å². The summed E-state index contributed by atoms with van der Waals surface area (Å²) in [6.45, 7) is 10.4. The second-order valence-electron chi connectivity index (χ2n) is 6.40. The second kappa shape index (κ2) is 5.16. The van der Waals surface area contributed by atoms with Gasteiger partial charge in [0.1, 0.15) is 16.9 Å². The first kappa shape index (κ1) is 15.5. The molecule has 0 aromatic heterocycles. The van der Waals surface area contributed by atoms with Gasteiger partial charge in [-0.3, -0.25) is 4.99 Å². The smallest absolute Gasteiger partial charge is 0.410 e. The van der Waals surface area contributed by atoms with Crippen LogP contribution in [0.4, 0.5) is 4.79 Å². The second-order valence-corrected chi connectivity index (χ2v) is 6.40. The van der Waals surface area contributed by atoms with E-state index in [2.05, 4.69) is 11.6 Å². The Morgan fingerprint density at radius 2 is 1.95 bits per heavy atom. The van der Waals surface area contributed by atoms with Crippen LogP contribution < -0.4 is 0 Å². The molecular formula is C15H22N2O4. The lowest BCUT2D eigenvalue weighted by Gasteiger charge is -2.38. The van der Waals surface area contributed by atoms with Crippen molar-refractivity contribution < 1.29 is 19.1 Å². The Kier molecular flexibility index (Phi) is 3.82. The highest BCUT2D eigenvalue weighted by Crippen LogP contribution is 2.38. The van der Waals surface area contributed by atoms with E-state index in [0.29, 0.717) is 37.2 Å². The summed E-state index contributed by atoms with van der Waals surface area (Å²) in [5.74, 6) is -0.423. The molecule has 116 valence electrons. The molecule has 1 amide bonds. The Bertz CT molecular complexity index is 508. The average molecular weight is 294 g/mol. The number of aliphatic imine (C=N–C) groups is 1. The zero-order chi connectivity index (χ0) is 15.8. The maximum absolute atomic E-state index is 12.0. The Morgan fingerprint density at radius 3 is 2.38 bits per heavy atom. The van der Waals surface area contributed by atoms with Gasteiger partial charge < -0.3 is 14.4 Å². The molecule has 0 aromatic rings. The average Bonchev–Trinajstić information content (AvgIpc) is 2.59. The SMILES string of the molecule is C=C1C(=NC)C(=O)OC12CCN(C(=O)OC(C)(C)C)CC2. The predicted octanol–water partition coefficient (Wildman–Crippen LogP) is 1.94. The van der Waals surface area contributed by atoms with Gasteiger partial charge in [-0.05, 0) is 20.8 Å². The standard InChI is InChI=1S/C15H22N2O4/c1-10-11(16-5)12(18)20-15(10)6-8-17(9-7-15)13(19)21-14(2,3)4/h1,6-9H2,2-5H3. The third-order valence-corrected chi connectivity index (χ3v) is 3.76. The first-order chi connectivity index (χ1) is 9.68. The zero-order valence-electron chi connectivity index (χ0n) is 13.1. The van der Waals surface area contributed by atoms with Crippen molar-refractivity contribution in [2.45, 2.75) is 44.8 Å². The van der Waals surface area contributed by atoms with Crippen molar-refractivity contribution in [1.82, 2.24) is 4.90 Å². The molecule has 0 atom stereocenters. The van der Waals surface area contributed by atoms with E-state index in [0.717, 1.165) is 0 Å². The molecular weight excluding hydrogens is 272 g/mol. The highest BCUT2D eigenvalue weighted by atomic mass is 16.6. The number of rotatable bonds is 0. The Hall–Kier alpha value is -1.85. The van der Waals surface area contributed by atoms with E-state index in [1.54, 1.807) is 11.9 Å². The largest absolute Gasteiger partial charge is 0.449 e. The quantitative estimate of drug-likeness (QED) is 0.640. The maximum Gasteiger partial charge on any atom is 0.410 e. The molecule has 2 rings (SSSR count).